The Morgan fingerprint density at radius 1 is 1.10 bits per heavy atom. The fourth-order valence-corrected chi connectivity index (χ4v) is 3.05. The molecule has 1 aromatic heterocycles. The van der Waals surface area contributed by atoms with Crippen molar-refractivity contribution in [1.29, 1.82) is 0 Å². The van der Waals surface area contributed by atoms with Gasteiger partial charge in [0.05, 0.1) is 4.47 Å². The van der Waals surface area contributed by atoms with Crippen molar-refractivity contribution in [3.8, 4) is 0 Å². The van der Waals surface area contributed by atoms with E-state index in [1.807, 2.05) is 39.0 Å². The Labute approximate surface area is 126 Å². The number of rotatable bonds is 1. The van der Waals surface area contributed by atoms with E-state index in [1.54, 1.807) is 0 Å². The normalized spacial score (nSPS) is 14.1. The molecule has 2 aromatic carbocycles. The number of aliphatic hydroxyl groups excluding tert-OH is 1. The van der Waals surface area contributed by atoms with Crippen molar-refractivity contribution in [3.05, 3.63) is 46.6 Å². The Kier molecular flexibility index (Phi) is 3.14. The molecule has 0 aliphatic heterocycles. The summed E-state index contributed by atoms with van der Waals surface area (Å²) in [6.45, 7) is 5.99. The van der Waals surface area contributed by atoms with Gasteiger partial charge in [-0.3, -0.25) is 0 Å². The number of fused-ring (bicyclic) bond motifs is 2. The van der Waals surface area contributed by atoms with E-state index in [4.69, 9.17) is 4.42 Å². The quantitative estimate of drug-likeness (QED) is 0.644. The van der Waals surface area contributed by atoms with E-state index in [9.17, 15) is 5.11 Å². The van der Waals surface area contributed by atoms with Gasteiger partial charge < -0.3 is 9.52 Å². The SMILES string of the molecule is CC(C)(C)C(O)c1cc2cc3ccccc3c(Br)c2o1. The van der Waals surface area contributed by atoms with Crippen LogP contribution in [-0.2, 0) is 0 Å². The first-order chi connectivity index (χ1) is 9.38. The number of benzene rings is 2. The van der Waals surface area contributed by atoms with Crippen molar-refractivity contribution in [1.82, 2.24) is 0 Å². The molecule has 2 nitrogen and oxygen atoms in total. The van der Waals surface area contributed by atoms with Gasteiger partial charge in [0.15, 0.2) is 0 Å². The molecule has 0 amide bonds. The van der Waals surface area contributed by atoms with Crippen LogP contribution in [0.1, 0.15) is 32.6 Å². The third kappa shape index (κ3) is 2.15. The molecule has 1 heterocycles. The predicted molar refractivity (Wildman–Crippen MR) is 85.8 cm³/mol. The molecule has 20 heavy (non-hydrogen) atoms. The summed E-state index contributed by atoms with van der Waals surface area (Å²) in [7, 11) is 0. The molecule has 0 saturated heterocycles. The maximum atomic E-state index is 10.4. The van der Waals surface area contributed by atoms with Gasteiger partial charge in [-0.1, -0.05) is 45.0 Å². The fourth-order valence-electron chi connectivity index (χ4n) is 2.38. The van der Waals surface area contributed by atoms with E-state index in [0.717, 1.165) is 26.2 Å². The Hall–Kier alpha value is -1.32. The zero-order valence-corrected chi connectivity index (χ0v) is 13.4. The minimum absolute atomic E-state index is 0.250. The minimum Gasteiger partial charge on any atom is -0.457 e. The van der Waals surface area contributed by atoms with Crippen LogP contribution in [0.25, 0.3) is 21.7 Å². The molecule has 3 heteroatoms. The van der Waals surface area contributed by atoms with Crippen molar-refractivity contribution in [2.45, 2.75) is 26.9 Å². The van der Waals surface area contributed by atoms with Gasteiger partial charge in [-0.15, -0.1) is 0 Å². The highest BCUT2D eigenvalue weighted by Gasteiger charge is 2.27. The molecule has 1 unspecified atom stereocenters. The van der Waals surface area contributed by atoms with Gasteiger partial charge in [-0.25, -0.2) is 0 Å². The summed E-state index contributed by atoms with van der Waals surface area (Å²) < 4.78 is 6.84. The average molecular weight is 333 g/mol. The van der Waals surface area contributed by atoms with Crippen molar-refractivity contribution >= 4 is 37.7 Å². The lowest BCUT2D eigenvalue weighted by Crippen LogP contribution is -2.16. The lowest BCUT2D eigenvalue weighted by Gasteiger charge is -2.23. The first-order valence-electron chi connectivity index (χ1n) is 6.66. The molecular formula is C17H17BrO2. The van der Waals surface area contributed by atoms with Crippen LogP contribution < -0.4 is 0 Å². The number of aliphatic hydroxyl groups is 1. The fraction of sp³-hybridized carbons (Fsp3) is 0.294. The summed E-state index contributed by atoms with van der Waals surface area (Å²) in [6.07, 6.45) is -0.620. The van der Waals surface area contributed by atoms with Crippen molar-refractivity contribution in [3.63, 3.8) is 0 Å². The van der Waals surface area contributed by atoms with Crippen LogP contribution in [0.2, 0.25) is 0 Å². The monoisotopic (exact) mass is 332 g/mol. The Bertz CT molecular complexity index is 781. The lowest BCUT2D eigenvalue weighted by atomic mass is 9.88. The summed E-state index contributed by atoms with van der Waals surface area (Å²) in [5, 5.41) is 13.7. The second-order valence-corrected chi connectivity index (χ2v) is 7.04. The minimum atomic E-state index is -0.620. The topological polar surface area (TPSA) is 33.4 Å². The van der Waals surface area contributed by atoms with Crippen molar-refractivity contribution < 1.29 is 9.52 Å². The Morgan fingerprint density at radius 2 is 1.80 bits per heavy atom. The lowest BCUT2D eigenvalue weighted by molar-refractivity contribution is 0.0448. The first kappa shape index (κ1) is 13.7. The highest BCUT2D eigenvalue weighted by Crippen LogP contribution is 2.39. The van der Waals surface area contributed by atoms with Crippen molar-refractivity contribution in [2.24, 2.45) is 5.41 Å². The molecule has 3 rings (SSSR count). The Balaban J connectivity index is 2.26. The van der Waals surface area contributed by atoms with Crippen LogP contribution in [0, 0.1) is 5.41 Å². The molecule has 1 N–H and O–H groups in total. The van der Waals surface area contributed by atoms with Gasteiger partial charge in [0.2, 0.25) is 0 Å². The standard InChI is InChI=1S/C17H17BrO2/c1-17(2,3)16(19)13-9-11-8-10-6-4-5-7-12(10)14(18)15(11)20-13/h4-9,16,19H,1-3H3. The molecule has 0 bridgehead atoms. The molecule has 0 spiro atoms. The summed E-state index contributed by atoms with van der Waals surface area (Å²) in [5.41, 5.74) is 0.543. The zero-order valence-electron chi connectivity index (χ0n) is 11.8. The molecule has 0 saturated carbocycles. The third-order valence-electron chi connectivity index (χ3n) is 3.58. The predicted octanol–water partition coefficient (Wildman–Crippen LogP) is 5.43. The van der Waals surface area contributed by atoms with E-state index < -0.39 is 6.10 Å². The summed E-state index contributed by atoms with van der Waals surface area (Å²) in [5.74, 6) is 0.614. The summed E-state index contributed by atoms with van der Waals surface area (Å²) in [4.78, 5) is 0. The molecule has 1 atom stereocenters. The van der Waals surface area contributed by atoms with Crippen LogP contribution >= 0.6 is 15.9 Å². The molecule has 3 aromatic rings. The highest BCUT2D eigenvalue weighted by molar-refractivity contribution is 9.10. The van der Waals surface area contributed by atoms with Crippen LogP contribution in [0.3, 0.4) is 0 Å². The molecule has 0 fully saturated rings. The molecular weight excluding hydrogens is 316 g/mol. The van der Waals surface area contributed by atoms with Crippen LogP contribution in [0.15, 0.2) is 45.3 Å². The van der Waals surface area contributed by atoms with E-state index in [2.05, 4.69) is 34.1 Å². The average Bonchev–Trinajstić information content (AvgIpc) is 2.81. The van der Waals surface area contributed by atoms with Crippen molar-refractivity contribution in [2.75, 3.05) is 0 Å². The van der Waals surface area contributed by atoms with Gasteiger partial charge in [-0.2, -0.15) is 0 Å². The van der Waals surface area contributed by atoms with Gasteiger partial charge in [-0.05, 0) is 44.3 Å². The summed E-state index contributed by atoms with van der Waals surface area (Å²) in [6, 6.07) is 12.2. The molecule has 0 aliphatic rings. The van der Waals surface area contributed by atoms with Gasteiger partial charge in [0.25, 0.3) is 0 Å². The summed E-state index contributed by atoms with van der Waals surface area (Å²) >= 11 is 3.62. The molecule has 104 valence electrons. The zero-order chi connectivity index (χ0) is 14.5. The van der Waals surface area contributed by atoms with E-state index in [0.29, 0.717) is 5.76 Å². The van der Waals surface area contributed by atoms with E-state index in [-0.39, 0.29) is 5.41 Å². The maximum Gasteiger partial charge on any atom is 0.149 e. The van der Waals surface area contributed by atoms with Gasteiger partial charge in [0, 0.05) is 5.39 Å². The number of furan rings is 1. The van der Waals surface area contributed by atoms with E-state index >= 15 is 0 Å². The second kappa shape index (κ2) is 4.61. The third-order valence-corrected chi connectivity index (χ3v) is 4.36. The number of hydrogen-bond acceptors (Lipinski definition) is 2. The second-order valence-electron chi connectivity index (χ2n) is 6.25. The molecule has 0 radical (unpaired) electrons. The molecule has 0 aliphatic carbocycles. The smallest absolute Gasteiger partial charge is 0.149 e. The Morgan fingerprint density at radius 3 is 2.50 bits per heavy atom. The van der Waals surface area contributed by atoms with E-state index in [1.165, 1.54) is 0 Å². The van der Waals surface area contributed by atoms with Gasteiger partial charge in [0.1, 0.15) is 17.4 Å². The number of hydrogen-bond donors (Lipinski definition) is 1. The van der Waals surface area contributed by atoms with Crippen LogP contribution in [0.5, 0.6) is 0 Å². The first-order valence-corrected chi connectivity index (χ1v) is 7.46. The van der Waals surface area contributed by atoms with Gasteiger partial charge >= 0.3 is 0 Å². The largest absolute Gasteiger partial charge is 0.457 e. The highest BCUT2D eigenvalue weighted by atomic mass is 79.9. The van der Waals surface area contributed by atoms with Crippen LogP contribution in [-0.4, -0.2) is 5.11 Å². The maximum absolute atomic E-state index is 10.4. The number of halogens is 1. The van der Waals surface area contributed by atoms with Crippen LogP contribution in [0.4, 0.5) is 0 Å².